The molecule has 9 nitrogen and oxygen atoms in total. The molecule has 1 saturated carbocycles. The molecule has 0 atom stereocenters. The molecule has 0 radical (unpaired) electrons. The van der Waals surface area contributed by atoms with E-state index in [1.807, 2.05) is 6.20 Å². The first-order valence-electron chi connectivity index (χ1n) is 14.7. The molecule has 1 aromatic carbocycles. The van der Waals surface area contributed by atoms with Crippen LogP contribution in [0.3, 0.4) is 0 Å². The van der Waals surface area contributed by atoms with E-state index in [1.54, 1.807) is 38.1 Å². The zero-order valence-electron chi connectivity index (χ0n) is 23.8. The second-order valence-corrected chi connectivity index (χ2v) is 12.1. The Hall–Kier alpha value is -3.17. The third kappa shape index (κ3) is 7.52. The summed E-state index contributed by atoms with van der Waals surface area (Å²) >= 11 is 0. The van der Waals surface area contributed by atoms with Crippen molar-refractivity contribution in [3.05, 3.63) is 47.7 Å². The second kappa shape index (κ2) is 12.6. The van der Waals surface area contributed by atoms with Gasteiger partial charge in [0.2, 0.25) is 5.91 Å². The molecule has 2 aromatic rings. The number of amides is 2. The van der Waals surface area contributed by atoms with Crippen LogP contribution in [0.2, 0.25) is 0 Å². The molecule has 5 rings (SSSR count). The van der Waals surface area contributed by atoms with E-state index in [9.17, 15) is 14.7 Å². The van der Waals surface area contributed by atoms with Crippen molar-refractivity contribution < 1.29 is 19.4 Å². The van der Waals surface area contributed by atoms with Crippen molar-refractivity contribution in [3.8, 4) is 5.75 Å². The number of piperazine rings is 1. The molecule has 216 valence electrons. The van der Waals surface area contributed by atoms with Crippen molar-refractivity contribution in [3.63, 3.8) is 0 Å². The van der Waals surface area contributed by atoms with E-state index in [4.69, 9.17) is 4.74 Å². The number of hydrogen-bond acceptors (Lipinski definition) is 7. The SMILES string of the molecule is CC(C)(O)CC(=O)Nc1ccc(C(=O)NC2CCC(CCN3CCN(c4nccc5c4OCC5)CC3)CC2)cc1. The zero-order chi connectivity index (χ0) is 28.1. The lowest BCUT2D eigenvalue weighted by Gasteiger charge is -2.37. The predicted octanol–water partition coefficient (Wildman–Crippen LogP) is 3.62. The summed E-state index contributed by atoms with van der Waals surface area (Å²) in [4.78, 5) is 34.4. The molecular weight excluding hydrogens is 506 g/mol. The van der Waals surface area contributed by atoms with Gasteiger partial charge < -0.3 is 25.4 Å². The first-order chi connectivity index (χ1) is 19.2. The second-order valence-electron chi connectivity index (χ2n) is 12.1. The summed E-state index contributed by atoms with van der Waals surface area (Å²) in [5.74, 6) is 2.39. The van der Waals surface area contributed by atoms with Crippen LogP contribution < -0.4 is 20.3 Å². The van der Waals surface area contributed by atoms with Crippen LogP contribution in [0, 0.1) is 5.92 Å². The highest BCUT2D eigenvalue weighted by Crippen LogP contribution is 2.34. The maximum atomic E-state index is 12.8. The van der Waals surface area contributed by atoms with E-state index >= 15 is 0 Å². The minimum atomic E-state index is -1.06. The highest BCUT2D eigenvalue weighted by atomic mass is 16.5. The van der Waals surface area contributed by atoms with Crippen LogP contribution in [0.25, 0.3) is 0 Å². The predicted molar refractivity (Wildman–Crippen MR) is 156 cm³/mol. The Morgan fingerprint density at radius 2 is 1.77 bits per heavy atom. The van der Waals surface area contributed by atoms with Gasteiger partial charge in [-0.2, -0.15) is 0 Å². The summed E-state index contributed by atoms with van der Waals surface area (Å²) in [6.45, 7) is 9.17. The van der Waals surface area contributed by atoms with E-state index in [-0.39, 0.29) is 24.3 Å². The van der Waals surface area contributed by atoms with Crippen molar-refractivity contribution in [1.29, 1.82) is 0 Å². The number of pyridine rings is 1. The molecule has 0 spiro atoms. The number of anilines is 2. The lowest BCUT2D eigenvalue weighted by Crippen LogP contribution is -2.47. The number of nitrogens with zero attached hydrogens (tertiary/aromatic N) is 3. The van der Waals surface area contributed by atoms with Crippen LogP contribution in [-0.2, 0) is 11.2 Å². The molecule has 2 fully saturated rings. The summed E-state index contributed by atoms with van der Waals surface area (Å²) in [6.07, 6.45) is 8.44. The minimum Gasteiger partial charge on any atom is -0.489 e. The molecule has 3 N–H and O–H groups in total. The highest BCUT2D eigenvalue weighted by molar-refractivity contribution is 5.96. The fourth-order valence-electron chi connectivity index (χ4n) is 6.03. The zero-order valence-corrected chi connectivity index (χ0v) is 23.8. The van der Waals surface area contributed by atoms with Crippen LogP contribution in [0.15, 0.2) is 36.5 Å². The third-order valence-electron chi connectivity index (χ3n) is 8.32. The van der Waals surface area contributed by atoms with Gasteiger partial charge in [-0.1, -0.05) is 0 Å². The van der Waals surface area contributed by atoms with Gasteiger partial charge in [0.05, 0.1) is 18.6 Å². The van der Waals surface area contributed by atoms with Crippen molar-refractivity contribution in [2.45, 2.75) is 70.4 Å². The Kier molecular flexibility index (Phi) is 8.90. The summed E-state index contributed by atoms with van der Waals surface area (Å²) < 4.78 is 5.86. The van der Waals surface area contributed by atoms with Gasteiger partial charge >= 0.3 is 0 Å². The van der Waals surface area contributed by atoms with Crippen LogP contribution in [0.4, 0.5) is 11.5 Å². The number of carbonyl (C=O) groups is 2. The van der Waals surface area contributed by atoms with Gasteiger partial charge in [-0.3, -0.25) is 14.5 Å². The number of aliphatic hydroxyl groups is 1. The van der Waals surface area contributed by atoms with Crippen LogP contribution >= 0.6 is 0 Å². The fourth-order valence-corrected chi connectivity index (χ4v) is 6.03. The molecule has 0 unspecified atom stereocenters. The third-order valence-corrected chi connectivity index (χ3v) is 8.32. The number of nitrogens with one attached hydrogen (secondary N) is 2. The molecule has 3 aliphatic rings. The normalized spacial score (nSPS) is 21.4. The minimum absolute atomic E-state index is 0.0117. The molecule has 0 bridgehead atoms. The first kappa shape index (κ1) is 28.4. The quantitative estimate of drug-likeness (QED) is 0.439. The Morgan fingerprint density at radius 1 is 1.05 bits per heavy atom. The van der Waals surface area contributed by atoms with Crippen molar-refractivity contribution in [2.75, 3.05) is 49.5 Å². The maximum Gasteiger partial charge on any atom is 0.251 e. The lowest BCUT2D eigenvalue weighted by molar-refractivity contribution is -0.119. The summed E-state index contributed by atoms with van der Waals surface area (Å²) in [6, 6.07) is 9.20. The van der Waals surface area contributed by atoms with Crippen LogP contribution in [0.1, 0.15) is 68.3 Å². The average Bonchev–Trinajstić information content (AvgIpc) is 3.42. The molecule has 40 heavy (non-hydrogen) atoms. The van der Waals surface area contributed by atoms with E-state index in [0.717, 1.165) is 83.0 Å². The summed E-state index contributed by atoms with van der Waals surface area (Å²) in [5.41, 5.74) is 1.42. The van der Waals surface area contributed by atoms with E-state index in [2.05, 4.69) is 31.5 Å². The van der Waals surface area contributed by atoms with Gasteiger partial charge in [0.25, 0.3) is 5.91 Å². The highest BCUT2D eigenvalue weighted by Gasteiger charge is 2.27. The van der Waals surface area contributed by atoms with Gasteiger partial charge in [-0.05, 0) is 88.7 Å². The van der Waals surface area contributed by atoms with E-state index in [0.29, 0.717) is 17.2 Å². The summed E-state index contributed by atoms with van der Waals surface area (Å²) in [5, 5.41) is 15.7. The maximum absolute atomic E-state index is 12.8. The van der Waals surface area contributed by atoms with Crippen LogP contribution in [-0.4, -0.2) is 77.8 Å². The number of hydrogen-bond donors (Lipinski definition) is 3. The standard InChI is InChI=1S/C31H43N5O4/c1-31(2,39)21-27(37)33-25-9-5-24(6-10-25)30(38)34-26-7-3-22(4-8-26)12-15-35-16-18-36(19-17-35)29-28-23(11-14-32-29)13-20-40-28/h5-6,9-11,14,22,26,39H,3-4,7-8,12-13,15-21H2,1-2H3,(H,33,37)(H,34,38). The Balaban J connectivity index is 0.991. The van der Waals surface area contributed by atoms with Crippen molar-refractivity contribution in [2.24, 2.45) is 5.92 Å². The van der Waals surface area contributed by atoms with Gasteiger partial charge in [0.1, 0.15) is 0 Å². The molecule has 2 aliphatic heterocycles. The average molecular weight is 550 g/mol. The molecular formula is C31H43N5O4. The monoisotopic (exact) mass is 549 g/mol. The lowest BCUT2D eigenvalue weighted by atomic mass is 9.84. The molecule has 1 aliphatic carbocycles. The molecule has 1 aromatic heterocycles. The van der Waals surface area contributed by atoms with Gasteiger partial charge in [-0.25, -0.2) is 4.98 Å². The Morgan fingerprint density at radius 3 is 2.48 bits per heavy atom. The van der Waals surface area contributed by atoms with Gasteiger partial charge in [0.15, 0.2) is 11.6 Å². The number of benzene rings is 1. The largest absolute Gasteiger partial charge is 0.489 e. The summed E-state index contributed by atoms with van der Waals surface area (Å²) in [7, 11) is 0. The topological polar surface area (TPSA) is 107 Å². The number of aromatic nitrogens is 1. The van der Waals surface area contributed by atoms with Crippen molar-refractivity contribution >= 4 is 23.3 Å². The molecule has 9 heteroatoms. The number of fused-ring (bicyclic) bond motifs is 1. The van der Waals surface area contributed by atoms with Crippen LogP contribution in [0.5, 0.6) is 5.75 Å². The number of ether oxygens (including phenoxy) is 1. The van der Waals surface area contributed by atoms with E-state index in [1.165, 1.54) is 12.0 Å². The van der Waals surface area contributed by atoms with Crippen molar-refractivity contribution in [1.82, 2.24) is 15.2 Å². The number of rotatable bonds is 9. The number of carbonyl (C=O) groups excluding carboxylic acids is 2. The van der Waals surface area contributed by atoms with Gasteiger partial charge in [0, 0.05) is 61.7 Å². The molecule has 3 heterocycles. The van der Waals surface area contributed by atoms with E-state index < -0.39 is 5.60 Å². The molecule has 1 saturated heterocycles. The Bertz CT molecular complexity index is 1160. The molecule has 2 amide bonds. The fraction of sp³-hybridized carbons (Fsp3) is 0.581. The Labute approximate surface area is 237 Å². The smallest absolute Gasteiger partial charge is 0.251 e. The van der Waals surface area contributed by atoms with Gasteiger partial charge in [-0.15, -0.1) is 0 Å². The first-order valence-corrected chi connectivity index (χ1v) is 14.7.